The Balaban J connectivity index is 1.86. The molecular formula is C29H39F2N3O4. The summed E-state index contributed by atoms with van der Waals surface area (Å²) < 4.78 is 33.2. The van der Waals surface area contributed by atoms with E-state index in [1.54, 1.807) is 30.2 Å². The Morgan fingerprint density at radius 1 is 1.08 bits per heavy atom. The fourth-order valence-corrected chi connectivity index (χ4v) is 5.02. The molecule has 1 aliphatic heterocycles. The second kappa shape index (κ2) is 13.8. The fourth-order valence-electron chi connectivity index (χ4n) is 5.02. The summed E-state index contributed by atoms with van der Waals surface area (Å²) in [6.07, 6.45) is 1.04. The monoisotopic (exact) mass is 531 g/mol. The standard InChI is InChI=1S/C29H39F2N3O4/c1-5-7-34(8-6-2)29(37)21-10-18(3)9-20(14-21)28(36)33-26(13-19-11-22(30)15-23(31)12-19)27(35)25-16-24(38-4)17-32-25/h9-12,14-15,24-27,32,35H,5-8,13,16-17H2,1-4H3,(H,33,36)/t24-,25-,26+,27-/m1/s1. The van der Waals surface area contributed by atoms with Gasteiger partial charge in [-0.2, -0.15) is 0 Å². The predicted octanol–water partition coefficient (Wildman–Crippen LogP) is 3.61. The highest BCUT2D eigenvalue weighted by Crippen LogP contribution is 2.20. The Morgan fingerprint density at radius 2 is 1.71 bits per heavy atom. The third kappa shape index (κ3) is 7.82. The summed E-state index contributed by atoms with van der Waals surface area (Å²) in [5.41, 5.74) is 1.75. The highest BCUT2D eigenvalue weighted by molar-refractivity contribution is 6.00. The van der Waals surface area contributed by atoms with Crippen molar-refractivity contribution in [2.24, 2.45) is 0 Å². The molecule has 3 N–H and O–H groups in total. The fraction of sp³-hybridized carbons (Fsp3) is 0.517. The highest BCUT2D eigenvalue weighted by atomic mass is 19.1. The molecule has 1 aliphatic rings. The normalized spacial score (nSPS) is 18.7. The number of methoxy groups -OCH3 is 1. The number of hydrogen-bond donors (Lipinski definition) is 3. The number of halogens is 2. The number of hydrogen-bond acceptors (Lipinski definition) is 5. The quantitative estimate of drug-likeness (QED) is 0.389. The molecule has 2 aromatic rings. The number of nitrogens with zero attached hydrogens (tertiary/aromatic N) is 1. The number of rotatable bonds is 12. The topological polar surface area (TPSA) is 90.9 Å². The van der Waals surface area contributed by atoms with Gasteiger partial charge in [-0.25, -0.2) is 8.78 Å². The van der Waals surface area contributed by atoms with Crippen molar-refractivity contribution in [1.29, 1.82) is 0 Å². The van der Waals surface area contributed by atoms with E-state index in [-0.39, 0.29) is 30.0 Å². The molecule has 9 heteroatoms. The minimum atomic E-state index is -1.05. The lowest BCUT2D eigenvalue weighted by Gasteiger charge is -2.29. The van der Waals surface area contributed by atoms with E-state index >= 15 is 0 Å². The first-order valence-corrected chi connectivity index (χ1v) is 13.3. The number of nitrogens with one attached hydrogen (secondary N) is 2. The molecule has 0 saturated carbocycles. The first-order valence-electron chi connectivity index (χ1n) is 13.3. The zero-order chi connectivity index (χ0) is 27.8. The molecule has 2 amide bonds. The highest BCUT2D eigenvalue weighted by Gasteiger charge is 2.35. The minimum absolute atomic E-state index is 0.00972. The van der Waals surface area contributed by atoms with Crippen molar-refractivity contribution in [3.8, 4) is 0 Å². The Labute approximate surface area is 223 Å². The molecule has 38 heavy (non-hydrogen) atoms. The van der Waals surface area contributed by atoms with Crippen LogP contribution in [-0.2, 0) is 11.2 Å². The van der Waals surface area contributed by atoms with Gasteiger partial charge in [-0.15, -0.1) is 0 Å². The molecule has 208 valence electrons. The van der Waals surface area contributed by atoms with Crippen LogP contribution in [-0.4, -0.2) is 72.9 Å². The maximum absolute atomic E-state index is 13.9. The molecule has 0 aromatic heterocycles. The number of amides is 2. The van der Waals surface area contributed by atoms with Gasteiger partial charge in [-0.1, -0.05) is 13.8 Å². The first kappa shape index (κ1) is 29.7. The van der Waals surface area contributed by atoms with Crippen LogP contribution in [0.15, 0.2) is 36.4 Å². The molecule has 3 rings (SSSR count). The van der Waals surface area contributed by atoms with Crippen LogP contribution < -0.4 is 10.6 Å². The number of carbonyl (C=O) groups is 2. The van der Waals surface area contributed by atoms with Gasteiger partial charge in [0.2, 0.25) is 0 Å². The van der Waals surface area contributed by atoms with Crippen molar-refractivity contribution in [3.05, 3.63) is 70.3 Å². The smallest absolute Gasteiger partial charge is 0.253 e. The van der Waals surface area contributed by atoms with Crippen molar-refractivity contribution in [3.63, 3.8) is 0 Å². The second-order valence-corrected chi connectivity index (χ2v) is 10.0. The van der Waals surface area contributed by atoms with Crippen molar-refractivity contribution in [2.75, 3.05) is 26.7 Å². The van der Waals surface area contributed by atoms with Gasteiger partial charge in [-0.3, -0.25) is 9.59 Å². The molecule has 7 nitrogen and oxygen atoms in total. The Bertz CT molecular complexity index is 1090. The number of aliphatic hydroxyl groups excluding tert-OH is 1. The minimum Gasteiger partial charge on any atom is -0.389 e. The van der Waals surface area contributed by atoms with E-state index in [0.29, 0.717) is 37.2 Å². The van der Waals surface area contributed by atoms with E-state index in [1.807, 2.05) is 20.8 Å². The Kier molecular flexibility index (Phi) is 10.8. The Hall–Kier alpha value is -2.88. The molecule has 4 atom stereocenters. The van der Waals surface area contributed by atoms with Gasteiger partial charge < -0.3 is 25.4 Å². The number of aliphatic hydroxyl groups is 1. The summed E-state index contributed by atoms with van der Waals surface area (Å²) in [4.78, 5) is 28.4. The van der Waals surface area contributed by atoms with Gasteiger partial charge in [0.15, 0.2) is 0 Å². The zero-order valence-electron chi connectivity index (χ0n) is 22.6. The molecule has 0 spiro atoms. The number of aryl methyl sites for hydroxylation is 1. The summed E-state index contributed by atoms with van der Waals surface area (Å²) in [5.74, 6) is -2.09. The van der Waals surface area contributed by atoms with Crippen LogP contribution in [0.2, 0.25) is 0 Å². The average Bonchev–Trinajstić information content (AvgIpc) is 3.36. The number of ether oxygens (including phenoxy) is 1. The maximum Gasteiger partial charge on any atom is 0.253 e. The van der Waals surface area contributed by atoms with E-state index in [9.17, 15) is 23.5 Å². The molecule has 2 aromatic carbocycles. The lowest BCUT2D eigenvalue weighted by atomic mass is 9.94. The molecule has 1 fully saturated rings. The van der Waals surface area contributed by atoms with Crippen molar-refractivity contribution in [1.82, 2.24) is 15.5 Å². The molecule has 1 heterocycles. The van der Waals surface area contributed by atoms with Crippen LogP contribution in [0.3, 0.4) is 0 Å². The summed E-state index contributed by atoms with van der Waals surface area (Å²) in [7, 11) is 1.59. The van der Waals surface area contributed by atoms with E-state index in [1.165, 1.54) is 12.1 Å². The number of carbonyl (C=O) groups excluding carboxylic acids is 2. The van der Waals surface area contributed by atoms with Crippen LogP contribution >= 0.6 is 0 Å². The summed E-state index contributed by atoms with van der Waals surface area (Å²) in [6, 6.07) is 6.92. The summed E-state index contributed by atoms with van der Waals surface area (Å²) >= 11 is 0. The number of benzene rings is 2. The van der Waals surface area contributed by atoms with Gasteiger partial charge >= 0.3 is 0 Å². The molecule has 0 aliphatic carbocycles. The van der Waals surface area contributed by atoms with E-state index in [0.717, 1.165) is 24.5 Å². The molecular weight excluding hydrogens is 492 g/mol. The van der Waals surface area contributed by atoms with E-state index in [2.05, 4.69) is 10.6 Å². The Morgan fingerprint density at radius 3 is 2.29 bits per heavy atom. The predicted molar refractivity (Wildman–Crippen MR) is 142 cm³/mol. The largest absolute Gasteiger partial charge is 0.389 e. The van der Waals surface area contributed by atoms with Crippen molar-refractivity contribution < 1.29 is 28.2 Å². The third-order valence-electron chi connectivity index (χ3n) is 6.84. The molecule has 0 bridgehead atoms. The van der Waals surface area contributed by atoms with Gasteiger partial charge in [0.05, 0.1) is 18.2 Å². The van der Waals surface area contributed by atoms with Crippen LogP contribution in [0.5, 0.6) is 0 Å². The van der Waals surface area contributed by atoms with Crippen molar-refractivity contribution >= 4 is 11.8 Å². The lowest BCUT2D eigenvalue weighted by molar-refractivity contribution is 0.0677. The van der Waals surface area contributed by atoms with Crippen molar-refractivity contribution in [2.45, 2.75) is 70.7 Å². The summed E-state index contributed by atoms with van der Waals surface area (Å²) in [5, 5.41) is 17.3. The third-order valence-corrected chi connectivity index (χ3v) is 6.84. The van der Waals surface area contributed by atoms with Crippen LogP contribution in [0.4, 0.5) is 8.78 Å². The maximum atomic E-state index is 13.9. The zero-order valence-corrected chi connectivity index (χ0v) is 22.6. The molecule has 0 unspecified atom stereocenters. The van der Waals surface area contributed by atoms with Gasteiger partial charge in [0.1, 0.15) is 11.6 Å². The van der Waals surface area contributed by atoms with E-state index < -0.39 is 29.7 Å². The van der Waals surface area contributed by atoms with Crippen LogP contribution in [0, 0.1) is 18.6 Å². The molecule has 1 saturated heterocycles. The van der Waals surface area contributed by atoms with Gasteiger partial charge in [-0.05, 0) is 74.1 Å². The average molecular weight is 532 g/mol. The lowest BCUT2D eigenvalue weighted by Crippen LogP contribution is -2.52. The first-order chi connectivity index (χ1) is 18.1. The molecule has 0 radical (unpaired) electrons. The van der Waals surface area contributed by atoms with Gasteiger partial charge in [0.25, 0.3) is 11.8 Å². The second-order valence-electron chi connectivity index (χ2n) is 10.0. The van der Waals surface area contributed by atoms with Crippen LogP contribution in [0.25, 0.3) is 0 Å². The summed E-state index contributed by atoms with van der Waals surface area (Å²) in [6.45, 7) is 7.62. The van der Waals surface area contributed by atoms with E-state index in [4.69, 9.17) is 4.74 Å². The van der Waals surface area contributed by atoms with Gasteiger partial charge in [0, 0.05) is 50.0 Å². The SMILES string of the molecule is CCCN(CCC)C(=O)c1cc(C)cc(C(=O)N[C@@H](Cc2cc(F)cc(F)c2)[C@H](O)[C@H]2C[C@@H](OC)CN2)c1. The van der Waals surface area contributed by atoms with Crippen LogP contribution in [0.1, 0.15) is 65.0 Å².